The SMILES string of the molecule is CC(C)Oc1ccc(C(O)(CC(F)(F)C(F)(F)C(F)(F)C(F)(F)C(F)(F)C(F)(F)F)C(F)(F)F)cc1. The van der Waals surface area contributed by atoms with Gasteiger partial charge in [-0.3, -0.25) is 0 Å². The van der Waals surface area contributed by atoms with Crippen molar-refractivity contribution in [3.05, 3.63) is 29.8 Å². The zero-order valence-electron chi connectivity index (χ0n) is 17.5. The summed E-state index contributed by atoms with van der Waals surface area (Å²) in [6.07, 6.45) is -18.6. The maximum absolute atomic E-state index is 14.1. The minimum absolute atomic E-state index is 0.157. The number of halogens is 16. The first-order valence-corrected chi connectivity index (χ1v) is 9.12. The fourth-order valence-corrected chi connectivity index (χ4v) is 2.68. The van der Waals surface area contributed by atoms with Crippen LogP contribution in [0, 0.1) is 0 Å². The van der Waals surface area contributed by atoms with E-state index in [4.69, 9.17) is 4.74 Å². The van der Waals surface area contributed by atoms with E-state index in [1.807, 2.05) is 0 Å². The highest BCUT2D eigenvalue weighted by Gasteiger charge is 2.91. The highest BCUT2D eigenvalue weighted by atomic mass is 19.4. The van der Waals surface area contributed by atoms with Gasteiger partial charge in [0.05, 0.1) is 12.5 Å². The van der Waals surface area contributed by atoms with Gasteiger partial charge in [0.1, 0.15) is 5.75 Å². The van der Waals surface area contributed by atoms with Crippen LogP contribution in [-0.2, 0) is 5.60 Å². The van der Waals surface area contributed by atoms with Gasteiger partial charge >= 0.3 is 42.0 Å². The maximum Gasteiger partial charge on any atom is 0.460 e. The van der Waals surface area contributed by atoms with E-state index in [1.54, 1.807) is 0 Å². The van der Waals surface area contributed by atoms with Crippen molar-refractivity contribution in [3.8, 4) is 5.75 Å². The first kappa shape index (κ1) is 31.9. The predicted octanol–water partition coefficient (Wildman–Crippen LogP) is 7.35. The Labute approximate surface area is 190 Å². The lowest BCUT2D eigenvalue weighted by molar-refractivity contribution is -0.443. The van der Waals surface area contributed by atoms with Crippen molar-refractivity contribution < 1.29 is 80.1 Å². The second-order valence-electron chi connectivity index (χ2n) is 7.73. The second-order valence-corrected chi connectivity index (χ2v) is 7.73. The molecular formula is C18H14F16O2. The van der Waals surface area contributed by atoms with E-state index >= 15 is 0 Å². The van der Waals surface area contributed by atoms with Crippen LogP contribution in [0.3, 0.4) is 0 Å². The maximum atomic E-state index is 14.1. The van der Waals surface area contributed by atoms with Crippen molar-refractivity contribution in [2.75, 3.05) is 0 Å². The molecule has 0 fully saturated rings. The molecule has 0 aliphatic heterocycles. The predicted molar refractivity (Wildman–Crippen MR) is 87.6 cm³/mol. The molecule has 2 nitrogen and oxygen atoms in total. The highest BCUT2D eigenvalue weighted by Crippen LogP contribution is 2.62. The topological polar surface area (TPSA) is 29.5 Å². The van der Waals surface area contributed by atoms with Crippen molar-refractivity contribution in [1.82, 2.24) is 0 Å². The van der Waals surface area contributed by atoms with Crippen molar-refractivity contribution in [2.45, 2.75) is 73.9 Å². The molecule has 0 spiro atoms. The molecule has 0 radical (unpaired) electrons. The Bertz CT molecular complexity index is 901. The molecule has 1 atom stereocenters. The largest absolute Gasteiger partial charge is 0.491 e. The summed E-state index contributed by atoms with van der Waals surface area (Å²) in [5, 5.41) is 9.81. The summed E-state index contributed by atoms with van der Waals surface area (Å²) in [7, 11) is 0. The monoisotopic (exact) mass is 566 g/mol. The zero-order valence-corrected chi connectivity index (χ0v) is 17.5. The average Bonchev–Trinajstić information content (AvgIpc) is 2.65. The molecule has 0 bridgehead atoms. The Hall–Kier alpha value is -2.14. The summed E-state index contributed by atoms with van der Waals surface area (Å²) in [4.78, 5) is 0. The standard InChI is InChI=1S/C18H14F16O2/c1-8(2)36-10-5-3-9(4-6-10)11(35,17(29,30)31)7-12(19,20)13(21,22)14(23,24)15(25,26)16(27,28)18(32,33)34/h3-6,8,35H,7H2,1-2H3. The van der Waals surface area contributed by atoms with Gasteiger partial charge in [-0.15, -0.1) is 0 Å². The Morgan fingerprint density at radius 3 is 1.33 bits per heavy atom. The van der Waals surface area contributed by atoms with Gasteiger partial charge in [0.2, 0.25) is 0 Å². The zero-order chi connectivity index (χ0) is 29.0. The van der Waals surface area contributed by atoms with Crippen LogP contribution in [-0.4, -0.2) is 53.2 Å². The van der Waals surface area contributed by atoms with E-state index in [2.05, 4.69) is 0 Å². The molecule has 0 heterocycles. The first-order chi connectivity index (χ1) is 15.6. The fraction of sp³-hybridized carbons (Fsp3) is 0.667. The first-order valence-electron chi connectivity index (χ1n) is 9.12. The molecule has 0 saturated heterocycles. The molecule has 1 unspecified atom stereocenters. The molecule has 0 aliphatic carbocycles. The minimum Gasteiger partial charge on any atom is -0.491 e. The Balaban J connectivity index is 3.62. The number of hydrogen-bond acceptors (Lipinski definition) is 2. The molecule has 0 aromatic heterocycles. The van der Waals surface area contributed by atoms with Gasteiger partial charge in [-0.1, -0.05) is 12.1 Å². The van der Waals surface area contributed by atoms with Crippen LogP contribution in [0.2, 0.25) is 0 Å². The van der Waals surface area contributed by atoms with Crippen molar-refractivity contribution in [1.29, 1.82) is 0 Å². The normalized spacial score (nSPS) is 16.8. The van der Waals surface area contributed by atoms with E-state index in [0.29, 0.717) is 12.1 Å². The fourth-order valence-electron chi connectivity index (χ4n) is 2.68. The Morgan fingerprint density at radius 1 is 0.611 bits per heavy atom. The Kier molecular flexibility index (Phi) is 7.98. The van der Waals surface area contributed by atoms with Crippen LogP contribution < -0.4 is 4.74 Å². The van der Waals surface area contributed by atoms with Gasteiger partial charge in [0, 0.05) is 0 Å². The third kappa shape index (κ3) is 5.01. The number of rotatable bonds is 9. The number of hydrogen-bond donors (Lipinski definition) is 1. The van der Waals surface area contributed by atoms with Crippen LogP contribution in [0.25, 0.3) is 0 Å². The molecule has 0 aliphatic rings. The van der Waals surface area contributed by atoms with Crippen LogP contribution in [0.15, 0.2) is 24.3 Å². The van der Waals surface area contributed by atoms with Crippen molar-refractivity contribution in [3.63, 3.8) is 0 Å². The van der Waals surface area contributed by atoms with Crippen LogP contribution >= 0.6 is 0 Å². The molecule has 210 valence electrons. The average molecular weight is 566 g/mol. The van der Waals surface area contributed by atoms with Gasteiger partial charge in [-0.25, -0.2) is 0 Å². The van der Waals surface area contributed by atoms with Crippen LogP contribution in [0.4, 0.5) is 70.2 Å². The van der Waals surface area contributed by atoms with Crippen molar-refractivity contribution in [2.24, 2.45) is 0 Å². The molecule has 1 N–H and O–H groups in total. The number of aliphatic hydroxyl groups is 1. The Morgan fingerprint density at radius 2 is 1.00 bits per heavy atom. The quantitative estimate of drug-likeness (QED) is 0.317. The van der Waals surface area contributed by atoms with Gasteiger partial charge in [0.15, 0.2) is 5.60 Å². The molecule has 18 heteroatoms. The third-order valence-corrected chi connectivity index (χ3v) is 4.65. The lowest BCUT2D eigenvalue weighted by atomic mass is 9.82. The lowest BCUT2D eigenvalue weighted by Crippen LogP contribution is -2.70. The van der Waals surface area contributed by atoms with Gasteiger partial charge in [0.25, 0.3) is 0 Å². The molecule has 1 rings (SSSR count). The second kappa shape index (κ2) is 9.01. The van der Waals surface area contributed by atoms with E-state index in [9.17, 15) is 75.4 Å². The van der Waals surface area contributed by atoms with Gasteiger partial charge in [-0.2, -0.15) is 70.2 Å². The molecule has 1 aromatic rings. The summed E-state index contributed by atoms with van der Waals surface area (Å²) in [6.45, 7) is 2.84. The molecule has 0 saturated carbocycles. The minimum atomic E-state index is -8.29. The smallest absolute Gasteiger partial charge is 0.460 e. The number of ether oxygens (including phenoxy) is 1. The van der Waals surface area contributed by atoms with Crippen LogP contribution in [0.1, 0.15) is 25.8 Å². The molecule has 0 amide bonds. The van der Waals surface area contributed by atoms with Gasteiger partial charge in [-0.05, 0) is 31.5 Å². The van der Waals surface area contributed by atoms with E-state index in [0.717, 1.165) is 0 Å². The summed E-state index contributed by atoms with van der Waals surface area (Å²) in [5.74, 6) is -40.0. The highest BCUT2D eigenvalue weighted by molar-refractivity contribution is 5.33. The third-order valence-electron chi connectivity index (χ3n) is 4.65. The summed E-state index contributed by atoms with van der Waals surface area (Å²) >= 11 is 0. The summed E-state index contributed by atoms with van der Waals surface area (Å²) in [6, 6.07) is 1.47. The number of alkyl halides is 16. The van der Waals surface area contributed by atoms with Crippen molar-refractivity contribution >= 4 is 0 Å². The van der Waals surface area contributed by atoms with Crippen LogP contribution in [0.5, 0.6) is 5.75 Å². The summed E-state index contributed by atoms with van der Waals surface area (Å²) in [5.41, 5.74) is -6.95. The van der Waals surface area contributed by atoms with E-state index in [1.165, 1.54) is 13.8 Å². The molecule has 36 heavy (non-hydrogen) atoms. The van der Waals surface area contributed by atoms with E-state index < -0.39 is 65.7 Å². The van der Waals surface area contributed by atoms with Gasteiger partial charge < -0.3 is 9.84 Å². The van der Waals surface area contributed by atoms with E-state index in [-0.39, 0.29) is 17.9 Å². The molecule has 1 aromatic carbocycles. The summed E-state index contributed by atoms with van der Waals surface area (Å²) < 4.78 is 217. The molecular weight excluding hydrogens is 552 g/mol. The lowest BCUT2D eigenvalue weighted by Gasteiger charge is -2.42. The number of benzene rings is 1.